The number of nitriles is 1. The van der Waals surface area contributed by atoms with Crippen LogP contribution in [0.25, 0.3) is 10.9 Å². The van der Waals surface area contributed by atoms with Crippen molar-refractivity contribution in [2.45, 2.75) is 70.2 Å². The van der Waals surface area contributed by atoms with Gasteiger partial charge in [0.25, 0.3) is 0 Å². The van der Waals surface area contributed by atoms with Crippen LogP contribution < -0.4 is 5.32 Å². The van der Waals surface area contributed by atoms with Gasteiger partial charge >= 0.3 is 6.09 Å². The molecule has 2 fully saturated rings. The van der Waals surface area contributed by atoms with Crippen LogP contribution in [0.2, 0.25) is 0 Å². The molecule has 2 heterocycles. The number of aromatic nitrogens is 2. The quantitative estimate of drug-likeness (QED) is 0.807. The van der Waals surface area contributed by atoms with E-state index in [2.05, 4.69) is 21.6 Å². The summed E-state index contributed by atoms with van der Waals surface area (Å²) in [6.45, 7) is 5.45. The van der Waals surface area contributed by atoms with E-state index in [1.807, 2.05) is 39.0 Å². The number of nitrogens with one attached hydrogen (secondary N) is 2. The van der Waals surface area contributed by atoms with Crippen LogP contribution in [-0.2, 0) is 16.0 Å². The Morgan fingerprint density at radius 1 is 1.40 bits per heavy atom. The van der Waals surface area contributed by atoms with Crippen molar-refractivity contribution in [1.82, 2.24) is 20.4 Å². The Balaban J connectivity index is 1.46. The van der Waals surface area contributed by atoms with Gasteiger partial charge < -0.3 is 10.1 Å². The fourth-order valence-electron chi connectivity index (χ4n) is 4.64. The van der Waals surface area contributed by atoms with Gasteiger partial charge in [-0.3, -0.25) is 14.8 Å². The lowest BCUT2D eigenvalue weighted by Crippen LogP contribution is -2.55. The summed E-state index contributed by atoms with van der Waals surface area (Å²) in [4.78, 5) is 27.5. The second-order valence-electron chi connectivity index (χ2n) is 9.25. The predicted molar refractivity (Wildman–Crippen MR) is 110 cm³/mol. The van der Waals surface area contributed by atoms with Crippen LogP contribution in [0, 0.1) is 17.2 Å². The third-order valence-electron chi connectivity index (χ3n) is 5.88. The van der Waals surface area contributed by atoms with E-state index in [4.69, 9.17) is 4.74 Å². The monoisotopic (exact) mass is 409 g/mol. The highest BCUT2D eigenvalue weighted by Gasteiger charge is 2.52. The van der Waals surface area contributed by atoms with Crippen LogP contribution in [0.1, 0.15) is 45.6 Å². The molecule has 1 unspecified atom stereocenters. The molecule has 2 aliphatic rings. The van der Waals surface area contributed by atoms with Gasteiger partial charge in [-0.15, -0.1) is 0 Å². The molecule has 2 amide bonds. The number of carbonyl (C=O) groups is 2. The standard InChI is InChI=1S/C22H27N5O3/c1-22(2,3)30-21(29)27-17-7-6-14(10-17)19(27)20(28)25-16(11-23)8-13-4-5-15-12-24-26-18(15)9-13/h4-5,9,12,14,16-17,19H,6-8,10H2,1-3H3,(H,24,26)(H,25,28)/t14-,16?,17+,19-/m0/s1. The van der Waals surface area contributed by atoms with E-state index in [-0.39, 0.29) is 17.9 Å². The van der Waals surface area contributed by atoms with Crippen molar-refractivity contribution in [3.8, 4) is 6.07 Å². The molecule has 1 saturated heterocycles. The zero-order valence-electron chi connectivity index (χ0n) is 17.5. The molecule has 4 atom stereocenters. The number of amides is 2. The van der Waals surface area contributed by atoms with Crippen LogP contribution in [0.3, 0.4) is 0 Å². The van der Waals surface area contributed by atoms with Crippen molar-refractivity contribution in [1.29, 1.82) is 5.26 Å². The van der Waals surface area contributed by atoms with Gasteiger partial charge in [0.1, 0.15) is 17.7 Å². The largest absolute Gasteiger partial charge is 0.444 e. The van der Waals surface area contributed by atoms with Crippen molar-refractivity contribution in [2.24, 2.45) is 5.92 Å². The molecule has 158 valence electrons. The number of H-pyrrole nitrogens is 1. The molecule has 2 aromatic rings. The number of fused-ring (bicyclic) bond motifs is 3. The average Bonchev–Trinajstić information content (AvgIpc) is 3.40. The molecule has 1 saturated carbocycles. The summed E-state index contributed by atoms with van der Waals surface area (Å²) in [5, 5.41) is 20.4. The lowest BCUT2D eigenvalue weighted by molar-refractivity contribution is -0.128. The van der Waals surface area contributed by atoms with E-state index in [9.17, 15) is 14.9 Å². The van der Waals surface area contributed by atoms with E-state index in [0.717, 1.165) is 35.7 Å². The number of likely N-dealkylation sites (tertiary alicyclic amines) is 1. The molecular weight excluding hydrogens is 382 g/mol. The number of nitrogens with zero attached hydrogens (tertiary/aromatic N) is 3. The minimum atomic E-state index is -0.683. The van der Waals surface area contributed by atoms with Gasteiger partial charge in [-0.25, -0.2) is 4.79 Å². The molecule has 8 nitrogen and oxygen atoms in total. The van der Waals surface area contributed by atoms with E-state index < -0.39 is 23.8 Å². The summed E-state index contributed by atoms with van der Waals surface area (Å²) in [6, 6.07) is 6.75. The third-order valence-corrected chi connectivity index (χ3v) is 5.88. The number of benzene rings is 1. The third kappa shape index (κ3) is 3.97. The average molecular weight is 409 g/mol. The number of ether oxygens (including phenoxy) is 1. The highest BCUT2D eigenvalue weighted by Crippen LogP contribution is 2.43. The van der Waals surface area contributed by atoms with Crippen LogP contribution >= 0.6 is 0 Å². The van der Waals surface area contributed by atoms with Gasteiger partial charge in [0.2, 0.25) is 5.91 Å². The zero-order valence-corrected chi connectivity index (χ0v) is 17.5. The minimum Gasteiger partial charge on any atom is -0.444 e. The van der Waals surface area contributed by atoms with Gasteiger partial charge in [0.15, 0.2) is 0 Å². The minimum absolute atomic E-state index is 0.0314. The van der Waals surface area contributed by atoms with Crippen molar-refractivity contribution in [2.75, 3.05) is 0 Å². The molecule has 2 bridgehead atoms. The predicted octanol–water partition coefficient (Wildman–Crippen LogP) is 2.90. The van der Waals surface area contributed by atoms with Gasteiger partial charge in [-0.05, 0) is 57.6 Å². The van der Waals surface area contributed by atoms with Gasteiger partial charge in [0, 0.05) is 17.8 Å². The number of piperidine rings is 1. The second kappa shape index (κ2) is 7.63. The maximum Gasteiger partial charge on any atom is 0.411 e. The summed E-state index contributed by atoms with van der Waals surface area (Å²) in [6.07, 6.45) is 4.28. The first-order valence-electron chi connectivity index (χ1n) is 10.4. The summed E-state index contributed by atoms with van der Waals surface area (Å²) in [5.41, 5.74) is 1.19. The molecule has 0 radical (unpaired) electrons. The number of hydrogen-bond donors (Lipinski definition) is 2. The van der Waals surface area contributed by atoms with Crippen LogP contribution in [0.15, 0.2) is 24.4 Å². The van der Waals surface area contributed by atoms with E-state index >= 15 is 0 Å². The first-order valence-corrected chi connectivity index (χ1v) is 10.4. The normalized spacial score (nSPS) is 23.9. The van der Waals surface area contributed by atoms with E-state index in [1.54, 1.807) is 11.1 Å². The number of carbonyl (C=O) groups excluding carboxylic acids is 2. The van der Waals surface area contributed by atoms with Crippen LogP contribution in [0.5, 0.6) is 0 Å². The van der Waals surface area contributed by atoms with Crippen molar-refractivity contribution in [3.63, 3.8) is 0 Å². The van der Waals surface area contributed by atoms with Gasteiger partial charge in [0.05, 0.1) is 17.8 Å². The summed E-state index contributed by atoms with van der Waals surface area (Å²) in [7, 11) is 0. The molecular formula is C22H27N5O3. The molecule has 1 aliphatic carbocycles. The first kappa shape index (κ1) is 20.2. The summed E-state index contributed by atoms with van der Waals surface area (Å²) in [5.74, 6) is -0.162. The maximum atomic E-state index is 13.1. The first-order chi connectivity index (χ1) is 14.2. The number of aromatic amines is 1. The SMILES string of the molecule is CC(C)(C)OC(=O)N1[C@@H]2CC[C@@H](C2)[C@H]1C(=O)NC(C#N)Cc1ccc2cn[nH]c2c1. The molecule has 1 aromatic carbocycles. The van der Waals surface area contributed by atoms with Crippen LogP contribution in [-0.4, -0.2) is 50.8 Å². The molecule has 0 spiro atoms. The molecule has 30 heavy (non-hydrogen) atoms. The lowest BCUT2D eigenvalue weighted by atomic mass is 9.97. The Hall–Kier alpha value is -3.08. The highest BCUT2D eigenvalue weighted by molar-refractivity contribution is 5.87. The lowest BCUT2D eigenvalue weighted by Gasteiger charge is -2.35. The Labute approximate surface area is 175 Å². The summed E-state index contributed by atoms with van der Waals surface area (Å²) >= 11 is 0. The second-order valence-corrected chi connectivity index (χ2v) is 9.25. The topological polar surface area (TPSA) is 111 Å². The molecule has 8 heteroatoms. The Kier molecular flexibility index (Phi) is 5.14. The zero-order chi connectivity index (χ0) is 21.5. The number of rotatable bonds is 4. The Morgan fingerprint density at radius 3 is 2.93 bits per heavy atom. The van der Waals surface area contributed by atoms with Gasteiger partial charge in [-0.1, -0.05) is 12.1 Å². The fourth-order valence-corrected chi connectivity index (χ4v) is 4.64. The van der Waals surface area contributed by atoms with Crippen molar-refractivity contribution >= 4 is 22.9 Å². The highest BCUT2D eigenvalue weighted by atomic mass is 16.6. The molecule has 4 rings (SSSR count). The maximum absolute atomic E-state index is 13.1. The molecule has 2 N–H and O–H groups in total. The van der Waals surface area contributed by atoms with Crippen molar-refractivity contribution in [3.05, 3.63) is 30.0 Å². The van der Waals surface area contributed by atoms with Crippen LogP contribution in [0.4, 0.5) is 4.79 Å². The van der Waals surface area contributed by atoms with Gasteiger partial charge in [-0.2, -0.15) is 10.4 Å². The van der Waals surface area contributed by atoms with E-state index in [1.165, 1.54) is 0 Å². The summed E-state index contributed by atoms with van der Waals surface area (Å²) < 4.78 is 5.55. The molecule has 1 aromatic heterocycles. The van der Waals surface area contributed by atoms with E-state index in [0.29, 0.717) is 6.42 Å². The smallest absolute Gasteiger partial charge is 0.411 e. The van der Waals surface area contributed by atoms with Crippen molar-refractivity contribution < 1.29 is 14.3 Å². The Bertz CT molecular complexity index is 1000. The molecule has 1 aliphatic heterocycles. The Morgan fingerprint density at radius 2 is 2.20 bits per heavy atom. The fraction of sp³-hybridized carbons (Fsp3) is 0.545. The number of hydrogen-bond acceptors (Lipinski definition) is 5.